The minimum absolute atomic E-state index is 0.0278. The Morgan fingerprint density at radius 1 is 1.27 bits per heavy atom. The zero-order valence-electron chi connectivity index (χ0n) is 14.4. The van der Waals surface area contributed by atoms with Crippen LogP contribution in [0.3, 0.4) is 0 Å². The van der Waals surface area contributed by atoms with Crippen LogP contribution in [0.1, 0.15) is 13.8 Å². The number of aromatic nitrogens is 2. The summed E-state index contributed by atoms with van der Waals surface area (Å²) < 4.78 is 26.4. The van der Waals surface area contributed by atoms with Crippen molar-refractivity contribution in [2.75, 3.05) is 24.2 Å². The maximum Gasteiger partial charge on any atom is 0.251 e. The molecule has 1 aromatic carbocycles. The summed E-state index contributed by atoms with van der Waals surface area (Å²) in [7, 11) is -3.59. The Hall–Kier alpha value is -2.17. The number of rotatable bonds is 8. The van der Waals surface area contributed by atoms with Crippen LogP contribution in [0.15, 0.2) is 51.4 Å². The van der Waals surface area contributed by atoms with Gasteiger partial charge in [-0.1, -0.05) is 31.7 Å². The van der Waals surface area contributed by atoms with Gasteiger partial charge in [0.2, 0.25) is 15.9 Å². The molecule has 140 valence electrons. The molecule has 2 N–H and O–H groups in total. The van der Waals surface area contributed by atoms with E-state index >= 15 is 0 Å². The molecule has 0 fully saturated rings. The molecule has 1 aromatic heterocycles. The third kappa shape index (κ3) is 5.16. The average Bonchev–Trinajstić information content (AvgIpc) is 2.61. The molecular weight excluding hydrogens is 376 g/mol. The smallest absolute Gasteiger partial charge is 0.251 e. The highest BCUT2D eigenvalue weighted by Gasteiger charge is 2.21. The minimum Gasteiger partial charge on any atom is -0.325 e. The number of H-pyrrole nitrogens is 1. The van der Waals surface area contributed by atoms with Crippen molar-refractivity contribution >= 4 is 33.4 Å². The number of anilines is 1. The van der Waals surface area contributed by atoms with Crippen molar-refractivity contribution in [2.24, 2.45) is 0 Å². The van der Waals surface area contributed by atoms with Gasteiger partial charge in [0.05, 0.1) is 10.6 Å². The molecule has 0 aliphatic carbocycles. The van der Waals surface area contributed by atoms with Crippen LogP contribution in [0.2, 0.25) is 0 Å². The Kier molecular flexibility index (Phi) is 6.95. The number of hydrogen-bond donors (Lipinski definition) is 2. The first kappa shape index (κ1) is 20.1. The first-order chi connectivity index (χ1) is 12.4. The van der Waals surface area contributed by atoms with E-state index in [1.165, 1.54) is 28.7 Å². The zero-order chi connectivity index (χ0) is 19.2. The van der Waals surface area contributed by atoms with Gasteiger partial charge in [0, 0.05) is 31.0 Å². The van der Waals surface area contributed by atoms with Gasteiger partial charge in [-0.25, -0.2) is 13.4 Å². The van der Waals surface area contributed by atoms with Gasteiger partial charge < -0.3 is 10.3 Å². The third-order valence-corrected chi connectivity index (χ3v) is 6.38. The summed E-state index contributed by atoms with van der Waals surface area (Å²) in [6.45, 7) is 4.28. The van der Waals surface area contributed by atoms with Crippen LogP contribution < -0.4 is 10.9 Å². The number of thioether (sulfide) groups is 1. The van der Waals surface area contributed by atoms with E-state index in [1.54, 1.807) is 26.0 Å². The summed E-state index contributed by atoms with van der Waals surface area (Å²) in [5.74, 6) is -0.307. The van der Waals surface area contributed by atoms with Crippen molar-refractivity contribution < 1.29 is 13.2 Å². The Morgan fingerprint density at radius 3 is 2.65 bits per heavy atom. The summed E-state index contributed by atoms with van der Waals surface area (Å²) in [6, 6.07) is 7.41. The summed E-state index contributed by atoms with van der Waals surface area (Å²) >= 11 is 1.08. The normalized spacial score (nSPS) is 11.5. The Bertz CT molecular complexity index is 924. The van der Waals surface area contributed by atoms with Crippen LogP contribution in [-0.4, -0.2) is 47.4 Å². The maximum atomic E-state index is 12.5. The molecule has 8 nitrogen and oxygen atoms in total. The number of nitrogens with one attached hydrogen (secondary N) is 2. The van der Waals surface area contributed by atoms with Gasteiger partial charge in [0.1, 0.15) is 0 Å². The molecule has 0 radical (unpaired) electrons. The lowest BCUT2D eigenvalue weighted by atomic mass is 10.3. The molecule has 0 saturated carbocycles. The SMILES string of the molecule is CCN(CC)S(=O)(=O)c1cccc(NC(=O)CSc2nccc(=O)[nH]2)c1. The van der Waals surface area contributed by atoms with Gasteiger partial charge in [0.25, 0.3) is 5.56 Å². The molecule has 0 aliphatic rings. The van der Waals surface area contributed by atoms with Crippen molar-refractivity contribution in [1.29, 1.82) is 0 Å². The van der Waals surface area contributed by atoms with Crippen LogP contribution in [-0.2, 0) is 14.8 Å². The molecule has 0 unspecified atom stereocenters. The van der Waals surface area contributed by atoms with Crippen LogP contribution in [0.5, 0.6) is 0 Å². The van der Waals surface area contributed by atoms with Crippen LogP contribution in [0, 0.1) is 0 Å². The second-order valence-electron chi connectivity index (χ2n) is 5.19. The van der Waals surface area contributed by atoms with Gasteiger partial charge in [-0.3, -0.25) is 9.59 Å². The Morgan fingerprint density at radius 2 is 2.00 bits per heavy atom. The number of nitrogens with zero attached hydrogens (tertiary/aromatic N) is 2. The standard InChI is InChI=1S/C16H20N4O4S2/c1-3-20(4-2)26(23,24)13-7-5-6-12(10-13)18-15(22)11-25-16-17-9-8-14(21)19-16/h5-10H,3-4,11H2,1-2H3,(H,18,22)(H,17,19,21). The van der Waals surface area contributed by atoms with Gasteiger partial charge in [-0.05, 0) is 18.2 Å². The fourth-order valence-corrected chi connectivity index (χ4v) is 4.36. The number of carbonyl (C=O) groups excluding carboxylic acids is 1. The average molecular weight is 396 g/mol. The molecule has 26 heavy (non-hydrogen) atoms. The van der Waals surface area contributed by atoms with Gasteiger partial charge in [-0.2, -0.15) is 4.31 Å². The molecular formula is C16H20N4O4S2. The van der Waals surface area contributed by atoms with Crippen molar-refractivity contribution in [3.05, 3.63) is 46.9 Å². The predicted octanol–water partition coefficient (Wildman–Crippen LogP) is 1.53. The molecule has 0 spiro atoms. The molecule has 2 rings (SSSR count). The number of sulfonamides is 1. The van der Waals surface area contributed by atoms with Crippen molar-refractivity contribution in [1.82, 2.24) is 14.3 Å². The van der Waals surface area contributed by atoms with Gasteiger partial charge in [0.15, 0.2) is 5.16 Å². The number of carbonyl (C=O) groups is 1. The largest absolute Gasteiger partial charge is 0.325 e. The highest BCUT2D eigenvalue weighted by atomic mass is 32.2. The molecule has 1 heterocycles. The summed E-state index contributed by atoms with van der Waals surface area (Å²) in [5, 5.41) is 2.99. The maximum absolute atomic E-state index is 12.5. The van der Waals surface area contributed by atoms with E-state index in [4.69, 9.17) is 0 Å². The predicted molar refractivity (Wildman–Crippen MR) is 101 cm³/mol. The van der Waals surface area contributed by atoms with Crippen LogP contribution in [0.25, 0.3) is 0 Å². The van der Waals surface area contributed by atoms with Crippen LogP contribution in [0.4, 0.5) is 5.69 Å². The molecule has 0 bridgehead atoms. The molecule has 0 aliphatic heterocycles. The van der Waals surface area contributed by atoms with Crippen LogP contribution >= 0.6 is 11.8 Å². The van der Waals surface area contributed by atoms with Gasteiger partial charge in [-0.15, -0.1) is 0 Å². The topological polar surface area (TPSA) is 112 Å². The van der Waals surface area contributed by atoms with Crippen molar-refractivity contribution in [2.45, 2.75) is 23.9 Å². The number of benzene rings is 1. The molecule has 1 amide bonds. The number of aromatic amines is 1. The molecule has 0 atom stereocenters. The summed E-state index contributed by atoms with van der Waals surface area (Å²) in [6.07, 6.45) is 1.36. The highest BCUT2D eigenvalue weighted by molar-refractivity contribution is 7.99. The second-order valence-corrected chi connectivity index (χ2v) is 8.10. The van der Waals surface area contributed by atoms with E-state index in [0.29, 0.717) is 23.9 Å². The quantitative estimate of drug-likeness (QED) is 0.517. The summed E-state index contributed by atoms with van der Waals surface area (Å²) in [4.78, 5) is 29.8. The minimum atomic E-state index is -3.59. The highest BCUT2D eigenvalue weighted by Crippen LogP contribution is 2.20. The fourth-order valence-electron chi connectivity index (χ4n) is 2.20. The van der Waals surface area contributed by atoms with E-state index in [1.807, 2.05) is 0 Å². The molecule has 0 saturated heterocycles. The number of amides is 1. The second kappa shape index (κ2) is 8.97. The van der Waals surface area contributed by atoms with E-state index in [0.717, 1.165) is 11.8 Å². The zero-order valence-corrected chi connectivity index (χ0v) is 16.1. The fraction of sp³-hybridized carbons (Fsp3) is 0.312. The van der Waals surface area contributed by atoms with E-state index in [-0.39, 0.29) is 22.1 Å². The van der Waals surface area contributed by atoms with E-state index in [9.17, 15) is 18.0 Å². The van der Waals surface area contributed by atoms with Gasteiger partial charge >= 0.3 is 0 Å². The van der Waals surface area contributed by atoms with Crippen molar-refractivity contribution in [3.8, 4) is 0 Å². The summed E-state index contributed by atoms with van der Waals surface area (Å²) in [5.41, 5.74) is 0.0931. The molecule has 2 aromatic rings. The third-order valence-electron chi connectivity index (χ3n) is 3.45. The number of hydrogen-bond acceptors (Lipinski definition) is 6. The van der Waals surface area contributed by atoms with E-state index < -0.39 is 10.0 Å². The lowest BCUT2D eigenvalue weighted by Crippen LogP contribution is -2.30. The lowest BCUT2D eigenvalue weighted by molar-refractivity contribution is -0.113. The molecule has 10 heteroatoms. The lowest BCUT2D eigenvalue weighted by Gasteiger charge is -2.18. The first-order valence-corrected chi connectivity index (χ1v) is 10.4. The monoisotopic (exact) mass is 396 g/mol. The first-order valence-electron chi connectivity index (χ1n) is 7.95. The van der Waals surface area contributed by atoms with E-state index in [2.05, 4.69) is 15.3 Å². The Balaban J connectivity index is 2.06. The Labute approximate surface area is 156 Å². The van der Waals surface area contributed by atoms with Crippen molar-refractivity contribution in [3.63, 3.8) is 0 Å².